The highest BCUT2D eigenvalue weighted by molar-refractivity contribution is 7.92. The van der Waals surface area contributed by atoms with Gasteiger partial charge in [-0.15, -0.1) is 10.2 Å². The van der Waals surface area contributed by atoms with Crippen LogP contribution in [0.1, 0.15) is 6.92 Å². The van der Waals surface area contributed by atoms with Crippen molar-refractivity contribution >= 4 is 49.7 Å². The van der Waals surface area contributed by atoms with E-state index in [4.69, 9.17) is 11.6 Å². The van der Waals surface area contributed by atoms with Gasteiger partial charge in [-0.1, -0.05) is 41.1 Å². The van der Waals surface area contributed by atoms with Gasteiger partial charge in [-0.05, 0) is 37.3 Å². The first-order chi connectivity index (χ1) is 13.6. The normalized spacial score (nSPS) is 12.4. The molecule has 0 aliphatic rings. The number of carbonyl (C=O) groups is 1. The molecule has 0 bridgehead atoms. The van der Waals surface area contributed by atoms with E-state index >= 15 is 0 Å². The van der Waals surface area contributed by atoms with Gasteiger partial charge in [0.15, 0.2) is 0 Å². The van der Waals surface area contributed by atoms with Crippen molar-refractivity contribution in [2.24, 2.45) is 0 Å². The van der Waals surface area contributed by atoms with Crippen molar-refractivity contribution in [2.75, 3.05) is 15.9 Å². The largest absolute Gasteiger partial charge is 0.299 e. The molecule has 0 fully saturated rings. The van der Waals surface area contributed by atoms with E-state index in [0.29, 0.717) is 10.0 Å². The van der Waals surface area contributed by atoms with Crippen LogP contribution in [0.15, 0.2) is 48.5 Å². The summed E-state index contributed by atoms with van der Waals surface area (Å²) in [7, 11) is -3.85. The van der Waals surface area contributed by atoms with Gasteiger partial charge in [0.2, 0.25) is 21.1 Å². The number of halogens is 2. The van der Waals surface area contributed by atoms with Crippen LogP contribution in [-0.4, -0.2) is 36.8 Å². The van der Waals surface area contributed by atoms with Gasteiger partial charge < -0.3 is 0 Å². The molecule has 1 atom stereocenters. The fourth-order valence-corrected chi connectivity index (χ4v) is 4.66. The molecule has 0 unspecified atom stereocenters. The quantitative estimate of drug-likeness (QED) is 0.611. The summed E-state index contributed by atoms with van der Waals surface area (Å²) in [6.07, 6.45) is 0.950. The Morgan fingerprint density at radius 3 is 2.52 bits per heavy atom. The predicted molar refractivity (Wildman–Crippen MR) is 112 cm³/mol. The molecule has 7 nitrogen and oxygen atoms in total. The summed E-state index contributed by atoms with van der Waals surface area (Å²) in [4.78, 5) is 12.7. The number of sulfonamides is 1. The van der Waals surface area contributed by atoms with Crippen molar-refractivity contribution in [3.05, 3.63) is 59.4 Å². The second kappa shape index (κ2) is 8.44. The Morgan fingerprint density at radius 1 is 1.21 bits per heavy atom. The standard InChI is InChI=1S/C18H16ClFN4O3S2/c1-11(24(29(2,26)27)15-5-3-4-14(20)10-15)16(25)21-18-23-22-17(28-18)12-6-8-13(19)9-7-12/h3-11H,1-2H3,(H,21,23,25)/t11-/m0/s1. The molecule has 1 amide bonds. The van der Waals surface area contributed by atoms with Crippen LogP contribution >= 0.6 is 22.9 Å². The average Bonchev–Trinajstić information content (AvgIpc) is 3.09. The minimum absolute atomic E-state index is 0.0502. The molecule has 0 spiro atoms. The molecule has 0 aliphatic heterocycles. The Labute approximate surface area is 176 Å². The number of benzene rings is 2. The molecule has 1 heterocycles. The van der Waals surface area contributed by atoms with E-state index in [-0.39, 0.29) is 10.8 Å². The topological polar surface area (TPSA) is 92.3 Å². The van der Waals surface area contributed by atoms with Gasteiger partial charge >= 0.3 is 0 Å². The van der Waals surface area contributed by atoms with Gasteiger partial charge in [0.25, 0.3) is 0 Å². The Morgan fingerprint density at radius 2 is 1.90 bits per heavy atom. The lowest BCUT2D eigenvalue weighted by atomic mass is 10.2. The average molecular weight is 455 g/mol. The maximum absolute atomic E-state index is 13.6. The SMILES string of the molecule is C[C@@H](C(=O)Nc1nnc(-c2ccc(Cl)cc2)s1)N(c1cccc(F)c1)S(C)(=O)=O. The Hall–Kier alpha value is -2.56. The molecule has 152 valence electrons. The third kappa shape index (κ3) is 5.08. The number of rotatable bonds is 6. The van der Waals surface area contributed by atoms with Crippen LogP contribution in [0.4, 0.5) is 15.2 Å². The third-order valence-electron chi connectivity index (χ3n) is 3.90. The Balaban J connectivity index is 1.81. The van der Waals surface area contributed by atoms with E-state index < -0.39 is 27.8 Å². The van der Waals surface area contributed by atoms with Crippen molar-refractivity contribution in [3.63, 3.8) is 0 Å². The molecule has 1 aromatic heterocycles. The molecule has 3 rings (SSSR count). The number of carbonyl (C=O) groups excluding carboxylic acids is 1. The summed E-state index contributed by atoms with van der Waals surface area (Å²) in [5.74, 6) is -1.24. The zero-order chi connectivity index (χ0) is 21.2. The minimum Gasteiger partial charge on any atom is -0.299 e. The summed E-state index contributed by atoms with van der Waals surface area (Å²) in [6.45, 7) is 1.41. The van der Waals surface area contributed by atoms with Gasteiger partial charge in [0, 0.05) is 10.6 Å². The van der Waals surface area contributed by atoms with E-state index in [1.807, 2.05) is 0 Å². The van der Waals surface area contributed by atoms with Crippen LogP contribution in [-0.2, 0) is 14.8 Å². The third-order valence-corrected chi connectivity index (χ3v) is 6.28. The van der Waals surface area contributed by atoms with Crippen molar-refractivity contribution in [1.29, 1.82) is 0 Å². The van der Waals surface area contributed by atoms with Crippen LogP contribution in [0.3, 0.4) is 0 Å². The zero-order valence-electron chi connectivity index (χ0n) is 15.3. The molecular formula is C18H16ClFN4O3S2. The fourth-order valence-electron chi connectivity index (χ4n) is 2.61. The molecule has 1 N–H and O–H groups in total. The summed E-state index contributed by atoms with van der Waals surface area (Å²) in [6, 6.07) is 10.8. The molecule has 2 aromatic carbocycles. The number of anilines is 2. The van der Waals surface area contributed by atoms with Gasteiger partial charge in [-0.2, -0.15) is 0 Å². The molecule has 11 heteroatoms. The first kappa shape index (κ1) is 21.2. The molecule has 0 saturated carbocycles. The molecule has 0 saturated heterocycles. The van der Waals surface area contributed by atoms with Gasteiger partial charge in [-0.25, -0.2) is 12.8 Å². The number of nitrogens with zero attached hydrogens (tertiary/aromatic N) is 3. The lowest BCUT2D eigenvalue weighted by Gasteiger charge is -2.27. The fraction of sp³-hybridized carbons (Fsp3) is 0.167. The number of nitrogens with one attached hydrogen (secondary N) is 1. The molecule has 0 radical (unpaired) electrons. The lowest BCUT2D eigenvalue weighted by Crippen LogP contribution is -2.45. The maximum atomic E-state index is 13.6. The molecule has 3 aromatic rings. The summed E-state index contributed by atoms with van der Waals surface area (Å²) in [5.41, 5.74) is 0.826. The van der Waals surface area contributed by atoms with Crippen LogP contribution in [0, 0.1) is 5.82 Å². The molecular weight excluding hydrogens is 439 g/mol. The highest BCUT2D eigenvalue weighted by atomic mass is 35.5. The lowest BCUT2D eigenvalue weighted by molar-refractivity contribution is -0.116. The predicted octanol–water partition coefficient (Wildman–Crippen LogP) is 3.79. The van der Waals surface area contributed by atoms with E-state index in [1.165, 1.54) is 25.1 Å². The highest BCUT2D eigenvalue weighted by Gasteiger charge is 2.30. The van der Waals surface area contributed by atoms with Crippen molar-refractivity contribution < 1.29 is 17.6 Å². The highest BCUT2D eigenvalue weighted by Crippen LogP contribution is 2.28. The van der Waals surface area contributed by atoms with Crippen LogP contribution in [0.2, 0.25) is 5.02 Å². The van der Waals surface area contributed by atoms with Crippen LogP contribution < -0.4 is 9.62 Å². The van der Waals surface area contributed by atoms with E-state index in [2.05, 4.69) is 15.5 Å². The van der Waals surface area contributed by atoms with Crippen molar-refractivity contribution in [2.45, 2.75) is 13.0 Å². The second-order valence-corrected chi connectivity index (χ2v) is 9.40. The van der Waals surface area contributed by atoms with Crippen LogP contribution in [0.25, 0.3) is 10.6 Å². The summed E-state index contributed by atoms with van der Waals surface area (Å²) < 4.78 is 38.9. The number of hydrogen-bond acceptors (Lipinski definition) is 6. The molecule has 29 heavy (non-hydrogen) atoms. The van der Waals surface area contributed by atoms with Crippen LogP contribution in [0.5, 0.6) is 0 Å². The van der Waals surface area contributed by atoms with Gasteiger partial charge in [0.1, 0.15) is 16.9 Å². The van der Waals surface area contributed by atoms with E-state index in [1.54, 1.807) is 24.3 Å². The Bertz CT molecular complexity index is 1140. The van der Waals surface area contributed by atoms with Crippen molar-refractivity contribution in [1.82, 2.24) is 10.2 Å². The second-order valence-electron chi connectivity index (χ2n) is 6.12. The number of amides is 1. The maximum Gasteiger partial charge on any atom is 0.249 e. The van der Waals surface area contributed by atoms with Gasteiger partial charge in [-0.3, -0.25) is 14.4 Å². The van der Waals surface area contributed by atoms with E-state index in [9.17, 15) is 17.6 Å². The zero-order valence-corrected chi connectivity index (χ0v) is 17.7. The number of aromatic nitrogens is 2. The monoisotopic (exact) mass is 454 g/mol. The number of hydrogen-bond donors (Lipinski definition) is 1. The van der Waals surface area contributed by atoms with E-state index in [0.717, 1.165) is 33.5 Å². The summed E-state index contributed by atoms with van der Waals surface area (Å²) >= 11 is 7.00. The minimum atomic E-state index is -3.85. The smallest absolute Gasteiger partial charge is 0.249 e. The van der Waals surface area contributed by atoms with Crippen molar-refractivity contribution in [3.8, 4) is 10.6 Å². The Kier molecular flexibility index (Phi) is 6.15. The first-order valence-corrected chi connectivity index (χ1v) is 11.3. The van der Waals surface area contributed by atoms with Gasteiger partial charge in [0.05, 0.1) is 11.9 Å². The first-order valence-electron chi connectivity index (χ1n) is 8.30. The molecule has 0 aliphatic carbocycles. The summed E-state index contributed by atoms with van der Waals surface area (Å²) in [5, 5.41) is 11.9.